The molecule has 0 N–H and O–H groups in total. The average Bonchev–Trinajstić information content (AvgIpc) is 1.87. The monoisotopic (exact) mass is 152 g/mol. The molecule has 0 fully saturated rings. The zero-order valence-corrected chi connectivity index (χ0v) is 6.14. The Kier molecular flexibility index (Phi) is 4.22. The van der Waals surface area contributed by atoms with Crippen molar-refractivity contribution >= 4 is 17.8 Å². The number of halogens is 1. The third-order valence-corrected chi connectivity index (χ3v) is 1.12. The molecule has 0 bridgehead atoms. The Hall–Kier alpha value is -0.440. The maximum Gasteiger partial charge on any atom is 0.508 e. The average molecular weight is 153 g/mol. The van der Waals surface area contributed by atoms with Crippen molar-refractivity contribution < 1.29 is 14.3 Å². The summed E-state index contributed by atoms with van der Waals surface area (Å²) >= 11 is 5.32. The van der Waals surface area contributed by atoms with E-state index in [0.29, 0.717) is 0 Å². The van der Waals surface area contributed by atoms with Gasteiger partial charge < -0.3 is 9.47 Å². The zero-order chi connectivity index (χ0) is 7.28. The second-order valence-corrected chi connectivity index (χ2v) is 1.85. The van der Waals surface area contributed by atoms with Crippen LogP contribution < -0.4 is 0 Å². The molecular weight excluding hydrogens is 144 g/mol. The maximum atomic E-state index is 10.3. The lowest BCUT2D eigenvalue weighted by Crippen LogP contribution is -2.15. The van der Waals surface area contributed by atoms with E-state index in [1.54, 1.807) is 6.92 Å². The molecule has 0 radical (unpaired) electrons. The third kappa shape index (κ3) is 4.09. The van der Waals surface area contributed by atoms with Gasteiger partial charge in [0.2, 0.25) is 0 Å². The number of carbonyl (C=O) groups excluding carboxylic acids is 1. The second kappa shape index (κ2) is 4.44. The minimum absolute atomic E-state index is 0.279. The lowest BCUT2D eigenvalue weighted by Gasteiger charge is -2.06. The number of hydrogen-bond acceptors (Lipinski definition) is 3. The van der Waals surface area contributed by atoms with Crippen LogP contribution in [-0.4, -0.2) is 25.2 Å². The van der Waals surface area contributed by atoms with Crippen LogP contribution in [0.1, 0.15) is 6.92 Å². The number of methoxy groups -OCH3 is 1. The smallest absolute Gasteiger partial charge is 0.438 e. The van der Waals surface area contributed by atoms with Crippen LogP contribution in [-0.2, 0) is 9.47 Å². The first-order chi connectivity index (χ1) is 4.20. The van der Waals surface area contributed by atoms with Gasteiger partial charge in [-0.15, -0.1) is 11.6 Å². The Morgan fingerprint density at radius 3 is 2.67 bits per heavy atom. The van der Waals surface area contributed by atoms with E-state index in [4.69, 9.17) is 11.6 Å². The molecule has 0 spiro atoms. The molecule has 1 atom stereocenters. The Labute approximate surface area is 58.9 Å². The summed E-state index contributed by atoms with van der Waals surface area (Å²) in [6.07, 6.45) is -0.970. The predicted molar refractivity (Wildman–Crippen MR) is 33.7 cm³/mol. The van der Waals surface area contributed by atoms with Gasteiger partial charge in [-0.1, -0.05) is 0 Å². The Morgan fingerprint density at radius 1 is 1.78 bits per heavy atom. The van der Waals surface area contributed by atoms with Crippen LogP contribution in [0.25, 0.3) is 0 Å². The van der Waals surface area contributed by atoms with E-state index < -0.39 is 6.16 Å². The Balaban J connectivity index is 3.34. The molecule has 3 nitrogen and oxygen atoms in total. The second-order valence-electron chi connectivity index (χ2n) is 1.54. The standard InChI is InChI=1S/C5H9ClO3/c1-4(3-6)9-5(7)8-2/h4H,3H2,1-2H3. The van der Waals surface area contributed by atoms with Crippen molar-refractivity contribution in [3.63, 3.8) is 0 Å². The number of carbonyl (C=O) groups is 1. The molecule has 0 aromatic carbocycles. The fraction of sp³-hybridized carbons (Fsp3) is 0.800. The van der Waals surface area contributed by atoms with E-state index in [1.807, 2.05) is 0 Å². The lowest BCUT2D eigenvalue weighted by atomic mass is 10.5. The van der Waals surface area contributed by atoms with E-state index >= 15 is 0 Å². The van der Waals surface area contributed by atoms with Crippen molar-refractivity contribution in [3.05, 3.63) is 0 Å². The molecule has 0 heterocycles. The molecule has 0 aromatic rings. The topological polar surface area (TPSA) is 35.5 Å². The van der Waals surface area contributed by atoms with Gasteiger partial charge in [0.05, 0.1) is 13.0 Å². The summed E-state index contributed by atoms with van der Waals surface area (Å²) in [4.78, 5) is 10.3. The fourth-order valence-corrected chi connectivity index (χ4v) is 0.307. The van der Waals surface area contributed by atoms with Crippen molar-refractivity contribution in [2.45, 2.75) is 13.0 Å². The SMILES string of the molecule is COC(=O)OC(C)CCl. The van der Waals surface area contributed by atoms with Crippen LogP contribution in [0.15, 0.2) is 0 Å². The maximum absolute atomic E-state index is 10.3. The van der Waals surface area contributed by atoms with E-state index in [1.165, 1.54) is 7.11 Å². The first-order valence-electron chi connectivity index (χ1n) is 2.51. The Bertz CT molecular complexity index is 94.2. The highest BCUT2D eigenvalue weighted by Gasteiger charge is 2.05. The Morgan fingerprint density at radius 2 is 2.33 bits per heavy atom. The van der Waals surface area contributed by atoms with Gasteiger partial charge in [-0.25, -0.2) is 4.79 Å². The first-order valence-corrected chi connectivity index (χ1v) is 3.04. The number of hydrogen-bond donors (Lipinski definition) is 0. The fourth-order valence-electron chi connectivity index (χ4n) is 0.244. The molecule has 0 aliphatic heterocycles. The van der Waals surface area contributed by atoms with Crippen LogP contribution in [0, 0.1) is 0 Å². The van der Waals surface area contributed by atoms with Gasteiger partial charge in [0.25, 0.3) is 0 Å². The number of alkyl halides is 1. The van der Waals surface area contributed by atoms with Crippen LogP contribution in [0.2, 0.25) is 0 Å². The first kappa shape index (κ1) is 8.56. The minimum atomic E-state index is -0.692. The minimum Gasteiger partial charge on any atom is -0.438 e. The van der Waals surface area contributed by atoms with Gasteiger partial charge in [-0.2, -0.15) is 0 Å². The predicted octanol–water partition coefficient (Wildman–Crippen LogP) is 1.40. The number of rotatable bonds is 2. The summed E-state index contributed by atoms with van der Waals surface area (Å²) in [7, 11) is 1.25. The van der Waals surface area contributed by atoms with Gasteiger partial charge >= 0.3 is 6.16 Å². The summed E-state index contributed by atoms with van der Waals surface area (Å²) < 4.78 is 8.76. The van der Waals surface area contributed by atoms with Crippen LogP contribution >= 0.6 is 11.6 Å². The molecule has 0 aromatic heterocycles. The molecule has 1 unspecified atom stereocenters. The van der Waals surface area contributed by atoms with Gasteiger partial charge in [0.1, 0.15) is 6.10 Å². The summed E-state index contributed by atoms with van der Waals surface area (Å²) in [5, 5.41) is 0. The van der Waals surface area contributed by atoms with Gasteiger partial charge in [-0.05, 0) is 6.92 Å². The molecule has 0 amide bonds. The van der Waals surface area contributed by atoms with E-state index in [-0.39, 0.29) is 12.0 Å². The van der Waals surface area contributed by atoms with Crippen molar-refractivity contribution in [1.82, 2.24) is 0 Å². The van der Waals surface area contributed by atoms with Crippen LogP contribution in [0.4, 0.5) is 4.79 Å². The molecule has 0 saturated heterocycles. The highest BCUT2D eigenvalue weighted by atomic mass is 35.5. The van der Waals surface area contributed by atoms with E-state index in [9.17, 15) is 4.79 Å². The van der Waals surface area contributed by atoms with Crippen molar-refractivity contribution in [1.29, 1.82) is 0 Å². The molecule has 4 heteroatoms. The van der Waals surface area contributed by atoms with Crippen LogP contribution in [0.3, 0.4) is 0 Å². The molecule has 0 aliphatic carbocycles. The van der Waals surface area contributed by atoms with Gasteiger partial charge in [0.15, 0.2) is 0 Å². The van der Waals surface area contributed by atoms with Crippen molar-refractivity contribution in [3.8, 4) is 0 Å². The van der Waals surface area contributed by atoms with Crippen LogP contribution in [0.5, 0.6) is 0 Å². The summed E-state index contributed by atoms with van der Waals surface area (Å²) in [6.45, 7) is 1.68. The quantitative estimate of drug-likeness (QED) is 0.443. The number of ether oxygens (including phenoxy) is 2. The molecule has 0 saturated carbocycles. The summed E-state index contributed by atoms with van der Waals surface area (Å²) in [5.74, 6) is 0.287. The van der Waals surface area contributed by atoms with E-state index in [0.717, 1.165) is 0 Å². The van der Waals surface area contributed by atoms with E-state index in [2.05, 4.69) is 9.47 Å². The van der Waals surface area contributed by atoms with Gasteiger partial charge in [0, 0.05) is 0 Å². The highest BCUT2D eigenvalue weighted by molar-refractivity contribution is 6.18. The van der Waals surface area contributed by atoms with Crippen molar-refractivity contribution in [2.75, 3.05) is 13.0 Å². The van der Waals surface area contributed by atoms with Crippen molar-refractivity contribution in [2.24, 2.45) is 0 Å². The summed E-state index contributed by atoms with van der Waals surface area (Å²) in [6, 6.07) is 0. The summed E-state index contributed by atoms with van der Waals surface area (Å²) in [5.41, 5.74) is 0. The molecule has 0 rings (SSSR count). The zero-order valence-electron chi connectivity index (χ0n) is 5.39. The molecule has 54 valence electrons. The molecule has 9 heavy (non-hydrogen) atoms. The molecule has 0 aliphatic rings. The highest BCUT2D eigenvalue weighted by Crippen LogP contribution is 1.94. The largest absolute Gasteiger partial charge is 0.508 e. The lowest BCUT2D eigenvalue weighted by molar-refractivity contribution is 0.0506. The third-order valence-electron chi connectivity index (χ3n) is 0.681. The molecular formula is C5H9ClO3. The normalized spacial score (nSPS) is 12.3. The van der Waals surface area contributed by atoms with Gasteiger partial charge in [-0.3, -0.25) is 0 Å².